The number of hydrogen-bond donors (Lipinski definition) is 1. The van der Waals surface area contributed by atoms with Crippen molar-refractivity contribution in [3.63, 3.8) is 0 Å². The molecule has 1 aliphatic rings. The zero-order valence-electron chi connectivity index (χ0n) is 16.2. The van der Waals surface area contributed by atoms with Gasteiger partial charge in [-0.05, 0) is 19.1 Å². The van der Waals surface area contributed by atoms with Crippen LogP contribution in [0.4, 0.5) is 17.5 Å². The van der Waals surface area contributed by atoms with Gasteiger partial charge in [0.15, 0.2) is 5.82 Å². The molecule has 0 spiro atoms. The van der Waals surface area contributed by atoms with Gasteiger partial charge in [-0.2, -0.15) is 4.98 Å². The summed E-state index contributed by atoms with van der Waals surface area (Å²) in [7, 11) is 3.78. The summed E-state index contributed by atoms with van der Waals surface area (Å²) < 4.78 is 7.17. The lowest BCUT2D eigenvalue weighted by Gasteiger charge is -2.28. The summed E-state index contributed by atoms with van der Waals surface area (Å²) in [5, 5.41) is 2.95. The van der Waals surface area contributed by atoms with Gasteiger partial charge in [0, 0.05) is 33.4 Å². The van der Waals surface area contributed by atoms with Crippen LogP contribution in [0.1, 0.15) is 16.2 Å². The number of nitrogens with one attached hydrogen (secondary N) is 1. The van der Waals surface area contributed by atoms with E-state index >= 15 is 0 Å². The number of fused-ring (bicyclic) bond motifs is 1. The van der Waals surface area contributed by atoms with Crippen LogP contribution < -0.4 is 15.1 Å². The summed E-state index contributed by atoms with van der Waals surface area (Å²) >= 11 is 0. The number of aryl methyl sites for hydroxylation is 1. The molecule has 0 aliphatic carbocycles. The third-order valence-electron chi connectivity index (χ3n) is 4.64. The molecule has 0 bridgehead atoms. The van der Waals surface area contributed by atoms with Gasteiger partial charge in [-0.25, -0.2) is 9.97 Å². The zero-order chi connectivity index (χ0) is 19.7. The third-order valence-corrected chi connectivity index (χ3v) is 4.64. The van der Waals surface area contributed by atoms with E-state index in [1.807, 2.05) is 50.3 Å². The number of hydrogen-bond acceptors (Lipinski definition) is 7. The molecule has 1 fully saturated rings. The Morgan fingerprint density at radius 3 is 2.75 bits per heavy atom. The lowest BCUT2D eigenvalue weighted by Crippen LogP contribution is -2.37. The van der Waals surface area contributed by atoms with Gasteiger partial charge in [-0.1, -0.05) is 6.07 Å². The van der Waals surface area contributed by atoms with Crippen LogP contribution in [0, 0.1) is 6.92 Å². The van der Waals surface area contributed by atoms with Crippen molar-refractivity contribution in [2.24, 2.45) is 0 Å². The SMILES string of the molecule is Cc1nc2ccccn2c1C(=O)Nc1cnc(N2CCOCC2)nc1N(C)C. The molecule has 9 heteroatoms. The molecule has 0 saturated carbocycles. The molecular weight excluding hydrogens is 358 g/mol. The number of carbonyl (C=O) groups excluding carboxylic acids is 1. The van der Waals surface area contributed by atoms with Gasteiger partial charge >= 0.3 is 0 Å². The van der Waals surface area contributed by atoms with E-state index < -0.39 is 0 Å². The van der Waals surface area contributed by atoms with E-state index in [2.05, 4.69) is 25.2 Å². The van der Waals surface area contributed by atoms with Gasteiger partial charge in [-0.15, -0.1) is 0 Å². The Kier molecular flexibility index (Phi) is 4.82. The molecule has 146 valence electrons. The molecule has 1 aliphatic heterocycles. The smallest absolute Gasteiger partial charge is 0.274 e. The molecule has 0 radical (unpaired) electrons. The fraction of sp³-hybridized carbons (Fsp3) is 0.368. The highest BCUT2D eigenvalue weighted by molar-refractivity contribution is 6.05. The molecule has 28 heavy (non-hydrogen) atoms. The van der Waals surface area contributed by atoms with Crippen molar-refractivity contribution in [2.75, 3.05) is 55.5 Å². The number of morpholine rings is 1. The monoisotopic (exact) mass is 381 g/mol. The summed E-state index contributed by atoms with van der Waals surface area (Å²) in [6.45, 7) is 4.64. The maximum absolute atomic E-state index is 13.0. The van der Waals surface area contributed by atoms with Crippen molar-refractivity contribution in [1.82, 2.24) is 19.4 Å². The summed E-state index contributed by atoms with van der Waals surface area (Å²) in [6, 6.07) is 5.64. The Hall–Kier alpha value is -3.20. The fourth-order valence-electron chi connectivity index (χ4n) is 3.28. The number of carbonyl (C=O) groups is 1. The topological polar surface area (TPSA) is 87.9 Å². The van der Waals surface area contributed by atoms with E-state index in [0.29, 0.717) is 42.1 Å². The van der Waals surface area contributed by atoms with E-state index in [0.717, 1.165) is 18.7 Å². The first-order chi connectivity index (χ1) is 13.5. The number of imidazole rings is 1. The quantitative estimate of drug-likeness (QED) is 0.734. The summed E-state index contributed by atoms with van der Waals surface area (Å²) in [4.78, 5) is 30.5. The number of amides is 1. The average Bonchev–Trinajstić information content (AvgIpc) is 3.04. The van der Waals surface area contributed by atoms with Gasteiger partial charge in [0.2, 0.25) is 5.95 Å². The molecule has 0 atom stereocenters. The molecule has 1 amide bonds. The molecule has 9 nitrogen and oxygen atoms in total. The molecule has 4 heterocycles. The molecule has 3 aromatic heterocycles. The van der Waals surface area contributed by atoms with Crippen molar-refractivity contribution in [1.29, 1.82) is 0 Å². The van der Waals surface area contributed by atoms with Crippen LogP contribution in [0.5, 0.6) is 0 Å². The molecule has 1 N–H and O–H groups in total. The first-order valence-electron chi connectivity index (χ1n) is 9.16. The average molecular weight is 381 g/mol. The largest absolute Gasteiger partial charge is 0.378 e. The van der Waals surface area contributed by atoms with E-state index in [9.17, 15) is 4.79 Å². The molecule has 0 aromatic carbocycles. The normalized spacial score (nSPS) is 14.3. The Balaban J connectivity index is 1.65. The maximum atomic E-state index is 13.0. The number of anilines is 3. The van der Waals surface area contributed by atoms with Crippen molar-refractivity contribution in [3.05, 3.63) is 42.0 Å². The Labute approximate surface area is 163 Å². The van der Waals surface area contributed by atoms with E-state index in [-0.39, 0.29) is 5.91 Å². The van der Waals surface area contributed by atoms with Crippen LogP contribution in [0.15, 0.2) is 30.6 Å². The first kappa shape index (κ1) is 18.2. The number of pyridine rings is 1. The summed E-state index contributed by atoms with van der Waals surface area (Å²) in [6.07, 6.45) is 3.48. The summed E-state index contributed by atoms with van der Waals surface area (Å²) in [5.74, 6) is 1.04. The number of ether oxygens (including phenoxy) is 1. The lowest BCUT2D eigenvalue weighted by molar-refractivity contribution is 0.102. The minimum absolute atomic E-state index is 0.248. The zero-order valence-corrected chi connectivity index (χ0v) is 16.2. The third kappa shape index (κ3) is 3.36. The Bertz CT molecular complexity index is 1010. The Morgan fingerprint density at radius 2 is 2.00 bits per heavy atom. The lowest BCUT2D eigenvalue weighted by atomic mass is 10.3. The predicted molar refractivity (Wildman–Crippen MR) is 107 cm³/mol. The maximum Gasteiger partial charge on any atom is 0.274 e. The van der Waals surface area contributed by atoms with Crippen molar-refractivity contribution in [2.45, 2.75) is 6.92 Å². The van der Waals surface area contributed by atoms with Crippen molar-refractivity contribution >= 4 is 29.0 Å². The first-order valence-corrected chi connectivity index (χ1v) is 9.16. The van der Waals surface area contributed by atoms with Gasteiger partial charge in [0.1, 0.15) is 17.0 Å². The van der Waals surface area contributed by atoms with Crippen LogP contribution in [0.3, 0.4) is 0 Å². The van der Waals surface area contributed by atoms with Gasteiger partial charge in [0.25, 0.3) is 5.91 Å². The molecule has 3 aromatic rings. The highest BCUT2D eigenvalue weighted by Crippen LogP contribution is 2.25. The minimum Gasteiger partial charge on any atom is -0.378 e. The van der Waals surface area contributed by atoms with Gasteiger partial charge in [0.05, 0.1) is 25.1 Å². The Morgan fingerprint density at radius 1 is 1.21 bits per heavy atom. The molecule has 1 saturated heterocycles. The van der Waals surface area contributed by atoms with Crippen LogP contribution in [-0.2, 0) is 4.74 Å². The predicted octanol–water partition coefficient (Wildman–Crippen LogP) is 1.59. The molecular formula is C19H23N7O2. The highest BCUT2D eigenvalue weighted by atomic mass is 16.5. The number of nitrogens with zero attached hydrogens (tertiary/aromatic N) is 6. The van der Waals surface area contributed by atoms with Crippen molar-refractivity contribution < 1.29 is 9.53 Å². The van der Waals surface area contributed by atoms with Crippen LogP contribution in [0.2, 0.25) is 0 Å². The fourth-order valence-corrected chi connectivity index (χ4v) is 3.28. The second-order valence-electron chi connectivity index (χ2n) is 6.83. The van der Waals surface area contributed by atoms with E-state index in [1.165, 1.54) is 0 Å². The second-order valence-corrected chi connectivity index (χ2v) is 6.83. The van der Waals surface area contributed by atoms with Crippen LogP contribution in [-0.4, -0.2) is 65.7 Å². The van der Waals surface area contributed by atoms with Crippen LogP contribution >= 0.6 is 0 Å². The van der Waals surface area contributed by atoms with Gasteiger partial charge < -0.3 is 19.9 Å². The van der Waals surface area contributed by atoms with E-state index in [4.69, 9.17) is 4.74 Å². The number of rotatable bonds is 4. The van der Waals surface area contributed by atoms with E-state index in [1.54, 1.807) is 10.6 Å². The van der Waals surface area contributed by atoms with Crippen molar-refractivity contribution in [3.8, 4) is 0 Å². The molecule has 0 unspecified atom stereocenters. The van der Waals surface area contributed by atoms with Crippen LogP contribution in [0.25, 0.3) is 5.65 Å². The van der Waals surface area contributed by atoms with Gasteiger partial charge in [-0.3, -0.25) is 9.20 Å². The standard InChI is InChI=1S/C19H23N7O2/c1-13-16(26-7-5-4-6-15(26)21-13)18(27)22-14-12-20-19(23-17(14)24(2)3)25-8-10-28-11-9-25/h4-7,12H,8-11H2,1-3H3,(H,22,27). The molecule has 4 rings (SSSR count). The highest BCUT2D eigenvalue weighted by Gasteiger charge is 2.21. The second kappa shape index (κ2) is 7.43. The number of aromatic nitrogens is 4. The minimum atomic E-state index is -0.248. The summed E-state index contributed by atoms with van der Waals surface area (Å²) in [5.41, 5.74) is 2.45.